The van der Waals surface area contributed by atoms with Crippen molar-refractivity contribution in [3.8, 4) is 22.1 Å². The van der Waals surface area contributed by atoms with E-state index >= 15 is 0 Å². The Hall–Kier alpha value is -3.52. The predicted octanol–water partition coefficient (Wildman–Crippen LogP) is 7.28. The lowest BCUT2D eigenvalue weighted by molar-refractivity contribution is -0.116. The van der Waals surface area contributed by atoms with Crippen molar-refractivity contribution in [2.24, 2.45) is 0 Å². The van der Waals surface area contributed by atoms with E-state index in [2.05, 4.69) is 35.3 Å². The number of carbonyl (C=O) groups is 1. The van der Waals surface area contributed by atoms with Crippen molar-refractivity contribution in [2.45, 2.75) is 25.8 Å². The van der Waals surface area contributed by atoms with Crippen LogP contribution in [0.25, 0.3) is 20.8 Å². The molecule has 5 nitrogen and oxygen atoms in total. The second-order valence-corrected chi connectivity index (χ2v) is 11.5. The molecule has 0 radical (unpaired) electrons. The fourth-order valence-electron chi connectivity index (χ4n) is 5.40. The molecule has 0 spiro atoms. The molecule has 184 valence electrons. The zero-order valence-corrected chi connectivity index (χ0v) is 22.0. The number of amides is 1. The Bertz CT molecular complexity index is 1580. The van der Waals surface area contributed by atoms with Gasteiger partial charge in [0, 0.05) is 34.7 Å². The third-order valence-electron chi connectivity index (χ3n) is 7.27. The molecule has 37 heavy (non-hydrogen) atoms. The number of rotatable bonds is 4. The lowest BCUT2D eigenvalue weighted by atomic mass is 9.87. The first-order chi connectivity index (χ1) is 18.2. The fourth-order valence-corrected chi connectivity index (χ4v) is 7.80. The number of likely N-dealkylation sites (N-methyl/N-ethyl adjacent to an activating group) is 1. The van der Waals surface area contributed by atoms with Gasteiger partial charge < -0.3 is 10.1 Å². The van der Waals surface area contributed by atoms with Gasteiger partial charge in [0.25, 0.3) is 0 Å². The van der Waals surface area contributed by atoms with Gasteiger partial charge in [-0.05, 0) is 42.8 Å². The Morgan fingerprint density at radius 1 is 1.00 bits per heavy atom. The minimum atomic E-state index is -0.448. The number of hydrogen-bond donors (Lipinski definition) is 1. The average Bonchev–Trinajstić information content (AvgIpc) is 3.51. The first kappa shape index (κ1) is 22.7. The Kier molecular flexibility index (Phi) is 5.57. The van der Waals surface area contributed by atoms with Crippen molar-refractivity contribution in [2.75, 3.05) is 18.4 Å². The van der Waals surface area contributed by atoms with E-state index < -0.39 is 5.92 Å². The van der Waals surface area contributed by atoms with E-state index in [-0.39, 0.29) is 5.91 Å². The molecule has 0 unspecified atom stereocenters. The molecule has 2 aliphatic heterocycles. The maximum atomic E-state index is 14.1. The van der Waals surface area contributed by atoms with Gasteiger partial charge in [-0.1, -0.05) is 55.5 Å². The van der Waals surface area contributed by atoms with Crippen LogP contribution in [-0.4, -0.2) is 28.9 Å². The topological polar surface area (TPSA) is 54.5 Å². The molecule has 7 rings (SSSR count). The highest BCUT2D eigenvalue weighted by atomic mass is 32.1. The lowest BCUT2D eigenvalue weighted by Crippen LogP contribution is -2.29. The van der Waals surface area contributed by atoms with Gasteiger partial charge in [-0.25, -0.2) is 4.98 Å². The van der Waals surface area contributed by atoms with E-state index in [4.69, 9.17) is 9.72 Å². The molecule has 0 saturated carbocycles. The highest BCUT2D eigenvalue weighted by Gasteiger charge is 2.34. The van der Waals surface area contributed by atoms with Gasteiger partial charge in [-0.2, -0.15) is 0 Å². The van der Waals surface area contributed by atoms with E-state index in [1.807, 2.05) is 54.6 Å². The van der Waals surface area contributed by atoms with Crippen LogP contribution in [0.15, 0.2) is 72.8 Å². The quantitative estimate of drug-likeness (QED) is 0.269. The van der Waals surface area contributed by atoms with Crippen LogP contribution in [0.3, 0.4) is 0 Å². The Labute approximate surface area is 223 Å². The van der Waals surface area contributed by atoms with Crippen LogP contribution in [-0.2, 0) is 17.8 Å². The van der Waals surface area contributed by atoms with E-state index in [9.17, 15) is 4.79 Å². The van der Waals surface area contributed by atoms with E-state index in [0.29, 0.717) is 0 Å². The molecule has 1 amide bonds. The number of thiophene rings is 1. The molecule has 7 heteroatoms. The molecule has 0 atom stereocenters. The molecule has 3 aromatic carbocycles. The van der Waals surface area contributed by atoms with Crippen LogP contribution < -0.4 is 10.1 Å². The van der Waals surface area contributed by atoms with E-state index in [1.54, 1.807) is 22.7 Å². The summed E-state index contributed by atoms with van der Waals surface area (Å²) in [5, 5.41) is 5.24. The number of benzene rings is 3. The van der Waals surface area contributed by atoms with Crippen molar-refractivity contribution in [1.82, 2.24) is 9.88 Å². The molecular weight excluding hydrogens is 498 g/mol. The molecule has 0 bridgehead atoms. The van der Waals surface area contributed by atoms with Gasteiger partial charge in [0.1, 0.15) is 21.5 Å². The molecule has 4 heterocycles. The van der Waals surface area contributed by atoms with Crippen LogP contribution in [0.2, 0.25) is 0 Å². The summed E-state index contributed by atoms with van der Waals surface area (Å²) in [6, 6.07) is 23.9. The van der Waals surface area contributed by atoms with Crippen molar-refractivity contribution in [3.05, 3.63) is 94.4 Å². The normalized spacial score (nSPS) is 15.1. The van der Waals surface area contributed by atoms with E-state index in [1.165, 1.54) is 10.4 Å². The molecule has 5 aromatic rings. The number of anilines is 1. The Morgan fingerprint density at radius 3 is 2.43 bits per heavy atom. The maximum absolute atomic E-state index is 14.1. The minimum Gasteiger partial charge on any atom is -0.457 e. The Morgan fingerprint density at radius 2 is 1.70 bits per heavy atom. The number of nitrogens with one attached hydrogen (secondary N) is 1. The molecule has 0 fully saturated rings. The number of hydrogen-bond acceptors (Lipinski definition) is 6. The third-order valence-corrected chi connectivity index (χ3v) is 9.46. The number of carbonyl (C=O) groups excluding carboxylic acids is 1. The van der Waals surface area contributed by atoms with Gasteiger partial charge >= 0.3 is 0 Å². The summed E-state index contributed by atoms with van der Waals surface area (Å²) in [6.45, 7) is 5.15. The summed E-state index contributed by atoms with van der Waals surface area (Å²) < 4.78 is 7.29. The van der Waals surface area contributed by atoms with Crippen molar-refractivity contribution in [1.29, 1.82) is 0 Å². The monoisotopic (exact) mass is 523 g/mol. The zero-order chi connectivity index (χ0) is 24.9. The van der Waals surface area contributed by atoms with Crippen LogP contribution in [0, 0.1) is 0 Å². The third kappa shape index (κ3) is 3.85. The largest absolute Gasteiger partial charge is 0.457 e. The van der Waals surface area contributed by atoms with Gasteiger partial charge in [0.2, 0.25) is 5.91 Å². The molecular formula is C30H25N3O2S2. The molecule has 2 aromatic heterocycles. The average molecular weight is 524 g/mol. The van der Waals surface area contributed by atoms with Gasteiger partial charge in [0.05, 0.1) is 16.1 Å². The first-order valence-corrected chi connectivity index (χ1v) is 14.2. The van der Waals surface area contributed by atoms with Crippen molar-refractivity contribution < 1.29 is 9.53 Å². The van der Waals surface area contributed by atoms with Crippen molar-refractivity contribution >= 4 is 43.8 Å². The smallest absolute Gasteiger partial charge is 0.237 e. The highest BCUT2D eigenvalue weighted by Crippen LogP contribution is 2.48. The second-order valence-electron chi connectivity index (χ2n) is 9.41. The highest BCUT2D eigenvalue weighted by molar-refractivity contribution is 7.23. The standard InChI is InChI=1S/C30H25N3O2S2/c1-2-33-16-15-20-25(17-33)37-30(27(20)29-31-21-11-5-8-14-24(21)36-29)32-28(34)26-18-9-3-6-12-22(18)35-23-13-7-4-10-19(23)26/h3-14,26H,2,15-17H2,1H3,(H,32,34). The SMILES string of the molecule is CCN1CCc2c(sc(NC(=O)C3c4ccccc4Oc4ccccc43)c2-c2nc3ccccc3s2)C1. The number of fused-ring (bicyclic) bond motifs is 4. The van der Waals surface area contributed by atoms with Crippen LogP contribution in [0.4, 0.5) is 5.00 Å². The summed E-state index contributed by atoms with van der Waals surface area (Å²) in [7, 11) is 0. The zero-order valence-electron chi connectivity index (χ0n) is 20.4. The predicted molar refractivity (Wildman–Crippen MR) is 151 cm³/mol. The van der Waals surface area contributed by atoms with Crippen LogP contribution in [0.5, 0.6) is 11.5 Å². The maximum Gasteiger partial charge on any atom is 0.237 e. The Balaban J connectivity index is 1.33. The number of thiazole rings is 1. The first-order valence-electron chi connectivity index (χ1n) is 12.6. The van der Waals surface area contributed by atoms with Crippen LogP contribution in [0.1, 0.15) is 34.4 Å². The fraction of sp³-hybridized carbons (Fsp3) is 0.200. The summed E-state index contributed by atoms with van der Waals surface area (Å²) in [4.78, 5) is 22.9. The summed E-state index contributed by atoms with van der Waals surface area (Å²) >= 11 is 3.40. The summed E-state index contributed by atoms with van der Waals surface area (Å²) in [5.74, 6) is 0.973. The number of nitrogens with zero attached hydrogens (tertiary/aromatic N) is 2. The molecule has 2 aliphatic rings. The van der Waals surface area contributed by atoms with Gasteiger partial charge in [-0.15, -0.1) is 22.7 Å². The molecule has 1 N–H and O–H groups in total. The number of ether oxygens (including phenoxy) is 1. The molecule has 0 saturated heterocycles. The molecule has 0 aliphatic carbocycles. The summed E-state index contributed by atoms with van der Waals surface area (Å²) in [5.41, 5.74) is 5.20. The minimum absolute atomic E-state index is 0.0449. The van der Waals surface area contributed by atoms with Crippen LogP contribution >= 0.6 is 22.7 Å². The second kappa shape index (κ2) is 9.10. The number of aromatic nitrogens is 1. The van der Waals surface area contributed by atoms with Gasteiger partial charge in [-0.3, -0.25) is 9.69 Å². The van der Waals surface area contributed by atoms with Gasteiger partial charge in [0.15, 0.2) is 0 Å². The lowest BCUT2D eigenvalue weighted by Gasteiger charge is -2.27. The number of para-hydroxylation sites is 3. The van der Waals surface area contributed by atoms with Crippen molar-refractivity contribution in [3.63, 3.8) is 0 Å². The van der Waals surface area contributed by atoms with E-state index in [0.717, 1.165) is 74.5 Å². The summed E-state index contributed by atoms with van der Waals surface area (Å²) in [6.07, 6.45) is 0.962.